The van der Waals surface area contributed by atoms with Gasteiger partial charge in [-0.15, -0.1) is 0 Å². The molecule has 0 fully saturated rings. The van der Waals surface area contributed by atoms with Crippen LogP contribution in [0.4, 0.5) is 0 Å². The molecule has 5 heteroatoms. The van der Waals surface area contributed by atoms with E-state index in [1.54, 1.807) is 0 Å². The van der Waals surface area contributed by atoms with Crippen molar-refractivity contribution in [2.45, 2.75) is 31.2 Å². The molecule has 26 heavy (non-hydrogen) atoms. The van der Waals surface area contributed by atoms with Gasteiger partial charge in [0.05, 0.1) is 17.7 Å². The van der Waals surface area contributed by atoms with Gasteiger partial charge in [0.25, 0.3) is 0 Å². The number of nitrogens with zero attached hydrogens (tertiary/aromatic N) is 1. The molecule has 4 nitrogen and oxygen atoms in total. The smallest absolute Gasteiger partial charge is 0.337 e. The second-order valence-electron chi connectivity index (χ2n) is 7.22. The number of aromatic hydroxyl groups is 1. The second-order valence-corrected chi connectivity index (χ2v) is 7.63. The molecule has 2 aromatic rings. The first kappa shape index (κ1) is 17.4. The molecule has 0 aromatic heterocycles. The molecule has 1 aliphatic heterocycles. The van der Waals surface area contributed by atoms with Gasteiger partial charge in [-0.3, -0.25) is 0 Å². The molecule has 1 aliphatic carbocycles. The number of carbonyl (C=O) groups excluding carboxylic acids is 1. The van der Waals surface area contributed by atoms with Gasteiger partial charge in [0, 0.05) is 18.5 Å². The van der Waals surface area contributed by atoms with Crippen LogP contribution in [0.15, 0.2) is 30.3 Å². The van der Waals surface area contributed by atoms with Gasteiger partial charge < -0.3 is 14.7 Å². The van der Waals surface area contributed by atoms with E-state index in [1.807, 2.05) is 30.3 Å². The lowest BCUT2D eigenvalue weighted by Crippen LogP contribution is -2.39. The molecule has 2 aliphatic rings. The van der Waals surface area contributed by atoms with Crippen molar-refractivity contribution in [1.29, 1.82) is 0 Å². The van der Waals surface area contributed by atoms with Gasteiger partial charge in [0.2, 0.25) is 0 Å². The third-order valence-corrected chi connectivity index (χ3v) is 6.14. The molecule has 0 saturated carbocycles. The summed E-state index contributed by atoms with van der Waals surface area (Å²) in [6, 6.07) is 9.88. The summed E-state index contributed by atoms with van der Waals surface area (Å²) in [4.78, 5) is 14.4. The van der Waals surface area contributed by atoms with Crippen LogP contribution < -0.4 is 0 Å². The van der Waals surface area contributed by atoms with Gasteiger partial charge in [-0.05, 0) is 72.8 Å². The fraction of sp³-hybridized carbons (Fsp3) is 0.381. The van der Waals surface area contributed by atoms with Gasteiger partial charge in [-0.1, -0.05) is 17.7 Å². The maximum Gasteiger partial charge on any atom is 0.337 e. The Morgan fingerprint density at radius 1 is 1.19 bits per heavy atom. The van der Waals surface area contributed by atoms with E-state index in [-0.39, 0.29) is 17.6 Å². The van der Waals surface area contributed by atoms with E-state index >= 15 is 0 Å². The summed E-state index contributed by atoms with van der Waals surface area (Å²) in [5.41, 5.74) is 5.27. The molecule has 1 heterocycles. The molecule has 0 radical (unpaired) electrons. The SMILES string of the molecule is COC(=O)c1ccc2c(c1)[C@@H]1c3cc(O)c(Cl)cc3CCN(C)[C@H]1CC2. The number of ether oxygens (including phenoxy) is 1. The number of rotatable bonds is 1. The molecular formula is C21H22ClNO3. The fourth-order valence-electron chi connectivity index (χ4n) is 4.47. The number of esters is 1. The van der Waals surface area contributed by atoms with Gasteiger partial charge in [-0.2, -0.15) is 0 Å². The minimum absolute atomic E-state index is 0.106. The lowest BCUT2D eigenvalue weighted by Gasteiger charge is -2.38. The van der Waals surface area contributed by atoms with E-state index in [4.69, 9.17) is 16.3 Å². The topological polar surface area (TPSA) is 49.8 Å². The predicted molar refractivity (Wildman–Crippen MR) is 101 cm³/mol. The van der Waals surface area contributed by atoms with Crippen LogP contribution in [0.25, 0.3) is 0 Å². The number of hydrogen-bond acceptors (Lipinski definition) is 4. The fourth-order valence-corrected chi connectivity index (χ4v) is 4.66. The first-order valence-electron chi connectivity index (χ1n) is 8.92. The summed E-state index contributed by atoms with van der Waals surface area (Å²) in [6.45, 7) is 0.946. The highest BCUT2D eigenvalue weighted by Crippen LogP contribution is 2.44. The maximum atomic E-state index is 12.0. The lowest BCUT2D eigenvalue weighted by molar-refractivity contribution is 0.0600. The van der Waals surface area contributed by atoms with E-state index in [2.05, 4.69) is 11.9 Å². The molecule has 1 N–H and O–H groups in total. The normalized spacial score (nSPS) is 22.0. The molecule has 0 amide bonds. The van der Waals surface area contributed by atoms with Crippen LogP contribution in [0.2, 0.25) is 5.02 Å². The van der Waals surface area contributed by atoms with Gasteiger partial charge in [0.15, 0.2) is 0 Å². The first-order valence-corrected chi connectivity index (χ1v) is 9.30. The molecule has 4 rings (SSSR count). The number of phenols is 1. The van der Waals surface area contributed by atoms with E-state index in [0.717, 1.165) is 36.9 Å². The number of methoxy groups -OCH3 is 1. The van der Waals surface area contributed by atoms with Crippen molar-refractivity contribution in [1.82, 2.24) is 4.90 Å². The standard InChI is InChI=1S/C21H22ClNO3/c1-23-8-7-13-10-17(22)19(24)11-16(13)20-15-9-14(21(25)26-2)4-3-12(15)5-6-18(20)23/h3-4,9-11,18,20,24H,5-8H2,1-2H3/t18-,20+/m0/s1. The monoisotopic (exact) mass is 371 g/mol. The van der Waals surface area contributed by atoms with Crippen LogP contribution in [0.5, 0.6) is 5.75 Å². The Balaban J connectivity index is 1.92. The van der Waals surface area contributed by atoms with Crippen molar-refractivity contribution in [2.24, 2.45) is 0 Å². The number of likely N-dealkylation sites (N-methyl/N-ethyl adjacent to an activating group) is 1. The Morgan fingerprint density at radius 3 is 2.73 bits per heavy atom. The number of halogens is 1. The second kappa shape index (κ2) is 6.60. The summed E-state index contributed by atoms with van der Waals surface area (Å²) in [5, 5.41) is 10.6. The average molecular weight is 372 g/mol. The molecule has 0 unspecified atom stereocenters. The number of hydrogen-bond donors (Lipinski definition) is 1. The highest BCUT2D eigenvalue weighted by molar-refractivity contribution is 6.32. The number of phenolic OH excluding ortho intramolecular Hbond substituents is 1. The Labute approximate surface area is 158 Å². The highest BCUT2D eigenvalue weighted by atomic mass is 35.5. The van der Waals surface area contributed by atoms with E-state index in [1.165, 1.54) is 18.2 Å². The predicted octanol–water partition coefficient (Wildman–Crippen LogP) is 3.77. The minimum Gasteiger partial charge on any atom is -0.506 e. The van der Waals surface area contributed by atoms with Crippen molar-refractivity contribution in [3.8, 4) is 5.75 Å². The molecule has 0 bridgehead atoms. The summed E-state index contributed by atoms with van der Waals surface area (Å²) in [5.74, 6) is -0.102. The van der Waals surface area contributed by atoms with Crippen molar-refractivity contribution in [3.63, 3.8) is 0 Å². The van der Waals surface area contributed by atoms with Crippen molar-refractivity contribution >= 4 is 17.6 Å². The summed E-state index contributed by atoms with van der Waals surface area (Å²) in [7, 11) is 3.56. The average Bonchev–Trinajstić information content (AvgIpc) is 2.78. The van der Waals surface area contributed by atoms with Crippen molar-refractivity contribution < 1.29 is 14.6 Å². The van der Waals surface area contributed by atoms with E-state index < -0.39 is 0 Å². The van der Waals surface area contributed by atoms with Crippen LogP contribution in [-0.2, 0) is 17.6 Å². The quantitative estimate of drug-likeness (QED) is 0.775. The number of carbonyl (C=O) groups is 1. The minimum atomic E-state index is -0.323. The Bertz CT molecular complexity index is 880. The van der Waals surface area contributed by atoms with E-state index in [0.29, 0.717) is 16.6 Å². The van der Waals surface area contributed by atoms with Crippen LogP contribution in [-0.4, -0.2) is 42.7 Å². The van der Waals surface area contributed by atoms with Crippen LogP contribution in [0.3, 0.4) is 0 Å². The Morgan fingerprint density at radius 2 is 1.96 bits per heavy atom. The van der Waals surface area contributed by atoms with Gasteiger partial charge in [0.1, 0.15) is 5.75 Å². The van der Waals surface area contributed by atoms with Crippen molar-refractivity contribution in [3.05, 3.63) is 63.2 Å². The zero-order valence-electron chi connectivity index (χ0n) is 15.0. The summed E-state index contributed by atoms with van der Waals surface area (Å²) in [6.07, 6.45) is 2.93. The Kier molecular flexibility index (Phi) is 4.41. The van der Waals surface area contributed by atoms with Crippen molar-refractivity contribution in [2.75, 3.05) is 20.7 Å². The van der Waals surface area contributed by atoms with Crippen LogP contribution >= 0.6 is 11.6 Å². The number of benzene rings is 2. The largest absolute Gasteiger partial charge is 0.506 e. The van der Waals surface area contributed by atoms with Crippen LogP contribution in [0, 0.1) is 0 Å². The summed E-state index contributed by atoms with van der Waals surface area (Å²) < 4.78 is 4.91. The zero-order valence-corrected chi connectivity index (χ0v) is 15.7. The Hall–Kier alpha value is -2.04. The maximum absolute atomic E-state index is 12.0. The van der Waals surface area contributed by atoms with Gasteiger partial charge >= 0.3 is 5.97 Å². The molecule has 0 spiro atoms. The zero-order chi connectivity index (χ0) is 18.4. The lowest BCUT2D eigenvalue weighted by atomic mass is 9.74. The van der Waals surface area contributed by atoms with E-state index in [9.17, 15) is 9.90 Å². The molecule has 136 valence electrons. The summed E-state index contributed by atoms with van der Waals surface area (Å²) >= 11 is 6.17. The van der Waals surface area contributed by atoms with Crippen LogP contribution in [0.1, 0.15) is 45.0 Å². The third kappa shape index (κ3) is 2.78. The molecule has 0 saturated heterocycles. The van der Waals surface area contributed by atoms with Gasteiger partial charge in [-0.25, -0.2) is 4.79 Å². The molecule has 2 aromatic carbocycles. The third-order valence-electron chi connectivity index (χ3n) is 5.84. The number of fused-ring (bicyclic) bond motifs is 5. The molecule has 2 atom stereocenters. The molecular weight excluding hydrogens is 350 g/mol. The first-order chi connectivity index (χ1) is 12.5. The number of aryl methyl sites for hydroxylation is 1. The highest BCUT2D eigenvalue weighted by Gasteiger charge is 2.37.